The lowest BCUT2D eigenvalue weighted by Crippen LogP contribution is -2.49. The molecule has 2 aliphatic heterocycles. The predicted molar refractivity (Wildman–Crippen MR) is 126 cm³/mol. The zero-order valence-corrected chi connectivity index (χ0v) is 20.0. The first-order valence-electron chi connectivity index (χ1n) is 10.5. The molecule has 1 fully saturated rings. The van der Waals surface area contributed by atoms with Crippen LogP contribution in [0.25, 0.3) is 11.6 Å². The highest BCUT2D eigenvalue weighted by molar-refractivity contribution is 8.18. The molecule has 0 aromatic heterocycles. The highest BCUT2D eigenvalue weighted by Crippen LogP contribution is 2.41. The van der Waals surface area contributed by atoms with Crippen molar-refractivity contribution in [1.82, 2.24) is 4.90 Å². The topological polar surface area (TPSA) is 66.9 Å². The number of carbonyl (C=O) groups excluding carboxylic acids is 3. The van der Waals surface area contributed by atoms with Gasteiger partial charge in [-0.25, -0.2) is 4.79 Å². The van der Waals surface area contributed by atoms with Gasteiger partial charge in [-0.1, -0.05) is 12.1 Å². The first-order chi connectivity index (χ1) is 14.5. The molecule has 0 radical (unpaired) electrons. The van der Waals surface area contributed by atoms with E-state index in [1.807, 2.05) is 6.07 Å². The standard InChI is InChI=1S/C24H30N2O4S/c1-8-30-22(28)16(5)25-21(27)20(31-23(25)29)12-17-9-10-19-18(11-17)15(4)13-24(6,7)26(19)14(2)3/h9-14,16H,8H2,1-7H3/b20-12+. The minimum absolute atomic E-state index is 0.0986. The number of thioether (sulfide) groups is 1. The van der Waals surface area contributed by atoms with Gasteiger partial charge in [0.25, 0.3) is 11.1 Å². The van der Waals surface area contributed by atoms with Gasteiger partial charge in [0.15, 0.2) is 0 Å². The Kier molecular flexibility index (Phi) is 6.37. The van der Waals surface area contributed by atoms with Crippen molar-refractivity contribution in [2.75, 3.05) is 11.5 Å². The summed E-state index contributed by atoms with van der Waals surface area (Å²) in [6.07, 6.45) is 3.98. The van der Waals surface area contributed by atoms with Crippen LogP contribution in [0.15, 0.2) is 29.2 Å². The summed E-state index contributed by atoms with van der Waals surface area (Å²) in [7, 11) is 0. The van der Waals surface area contributed by atoms with Crippen LogP contribution in [0.5, 0.6) is 0 Å². The third-order valence-corrected chi connectivity index (χ3v) is 6.43. The summed E-state index contributed by atoms with van der Waals surface area (Å²) in [5, 5.41) is -0.460. The molecule has 0 saturated carbocycles. The quantitative estimate of drug-likeness (QED) is 0.468. The number of ether oxygens (including phenoxy) is 1. The van der Waals surface area contributed by atoms with Crippen LogP contribution in [-0.2, 0) is 14.3 Å². The number of hydrogen-bond donors (Lipinski definition) is 0. The number of rotatable bonds is 5. The average molecular weight is 443 g/mol. The fourth-order valence-electron chi connectivity index (χ4n) is 4.43. The molecule has 7 heteroatoms. The summed E-state index contributed by atoms with van der Waals surface area (Å²) in [4.78, 5) is 40.9. The second-order valence-electron chi connectivity index (χ2n) is 8.70. The molecule has 1 saturated heterocycles. The Labute approximate surface area is 188 Å². The molecular weight excluding hydrogens is 412 g/mol. The number of fused-ring (bicyclic) bond motifs is 1. The van der Waals surface area contributed by atoms with Crippen molar-refractivity contribution in [3.63, 3.8) is 0 Å². The van der Waals surface area contributed by atoms with Crippen LogP contribution in [0.1, 0.15) is 59.6 Å². The monoisotopic (exact) mass is 442 g/mol. The molecule has 166 valence electrons. The van der Waals surface area contributed by atoms with Gasteiger partial charge < -0.3 is 9.64 Å². The van der Waals surface area contributed by atoms with Crippen LogP contribution >= 0.6 is 11.8 Å². The largest absolute Gasteiger partial charge is 0.464 e. The number of nitrogens with zero attached hydrogens (tertiary/aromatic N) is 2. The molecule has 1 unspecified atom stereocenters. The number of esters is 1. The van der Waals surface area contributed by atoms with E-state index in [0.29, 0.717) is 10.9 Å². The van der Waals surface area contributed by atoms with E-state index in [1.165, 1.54) is 12.5 Å². The van der Waals surface area contributed by atoms with Crippen molar-refractivity contribution < 1.29 is 19.1 Å². The summed E-state index contributed by atoms with van der Waals surface area (Å²) in [6, 6.07) is 5.46. The van der Waals surface area contributed by atoms with E-state index in [1.54, 1.807) is 13.0 Å². The average Bonchev–Trinajstić information content (AvgIpc) is 2.94. The van der Waals surface area contributed by atoms with E-state index in [4.69, 9.17) is 4.74 Å². The molecule has 2 amide bonds. The van der Waals surface area contributed by atoms with Gasteiger partial charge in [-0.2, -0.15) is 0 Å². The van der Waals surface area contributed by atoms with Gasteiger partial charge in [0.1, 0.15) is 6.04 Å². The lowest BCUT2D eigenvalue weighted by atomic mass is 9.87. The predicted octanol–water partition coefficient (Wildman–Crippen LogP) is 5.08. The van der Waals surface area contributed by atoms with E-state index in [9.17, 15) is 14.4 Å². The maximum absolute atomic E-state index is 12.8. The molecule has 0 spiro atoms. The molecule has 1 aromatic carbocycles. The molecule has 0 bridgehead atoms. The molecular formula is C24H30N2O4S. The number of amides is 2. The van der Waals surface area contributed by atoms with Gasteiger partial charge in [0.05, 0.1) is 17.1 Å². The molecule has 6 nitrogen and oxygen atoms in total. The number of anilines is 1. The van der Waals surface area contributed by atoms with Gasteiger partial charge in [-0.15, -0.1) is 0 Å². The Morgan fingerprint density at radius 2 is 1.90 bits per heavy atom. The van der Waals surface area contributed by atoms with Gasteiger partial charge in [0.2, 0.25) is 0 Å². The van der Waals surface area contributed by atoms with Crippen LogP contribution < -0.4 is 4.90 Å². The summed E-state index contributed by atoms with van der Waals surface area (Å²) in [6.45, 7) is 14.2. The maximum Gasteiger partial charge on any atom is 0.329 e. The Bertz CT molecular complexity index is 993. The van der Waals surface area contributed by atoms with Crippen molar-refractivity contribution in [3.05, 3.63) is 40.3 Å². The normalized spacial score (nSPS) is 20.3. The van der Waals surface area contributed by atoms with E-state index < -0.39 is 23.2 Å². The van der Waals surface area contributed by atoms with Crippen LogP contribution in [0.4, 0.5) is 10.5 Å². The first-order valence-corrected chi connectivity index (χ1v) is 11.4. The fraction of sp³-hybridized carbons (Fsp3) is 0.458. The fourth-order valence-corrected chi connectivity index (χ4v) is 5.34. The van der Waals surface area contributed by atoms with E-state index in [-0.39, 0.29) is 12.1 Å². The second kappa shape index (κ2) is 8.54. The SMILES string of the molecule is CCOC(=O)C(C)N1C(=O)S/C(=C/c2ccc3c(c2)C(C)=CC(C)(C)N3C(C)C)C1=O. The Balaban J connectivity index is 1.94. The molecule has 2 aliphatic rings. The first kappa shape index (κ1) is 23.1. The molecule has 31 heavy (non-hydrogen) atoms. The van der Waals surface area contributed by atoms with Gasteiger partial charge >= 0.3 is 5.97 Å². The summed E-state index contributed by atoms with van der Waals surface area (Å²) >= 11 is 0.850. The maximum atomic E-state index is 12.8. The van der Waals surface area contributed by atoms with Crippen LogP contribution in [0.3, 0.4) is 0 Å². The van der Waals surface area contributed by atoms with Gasteiger partial charge in [-0.05, 0) is 89.6 Å². The Hall–Kier alpha value is -2.54. The molecule has 2 heterocycles. The number of benzene rings is 1. The number of allylic oxidation sites excluding steroid dienone is 1. The minimum atomic E-state index is -0.950. The summed E-state index contributed by atoms with van der Waals surface area (Å²) in [5.41, 5.74) is 4.18. The Morgan fingerprint density at radius 3 is 2.52 bits per heavy atom. The van der Waals surface area contributed by atoms with Gasteiger partial charge in [-0.3, -0.25) is 14.5 Å². The van der Waals surface area contributed by atoms with Crippen LogP contribution in [0, 0.1) is 0 Å². The van der Waals surface area contributed by atoms with Crippen molar-refractivity contribution >= 4 is 46.2 Å². The molecule has 3 rings (SSSR count). The Morgan fingerprint density at radius 1 is 1.23 bits per heavy atom. The van der Waals surface area contributed by atoms with Crippen LogP contribution in [0.2, 0.25) is 0 Å². The third-order valence-electron chi connectivity index (χ3n) is 5.55. The van der Waals surface area contributed by atoms with Crippen molar-refractivity contribution in [1.29, 1.82) is 0 Å². The molecule has 1 atom stereocenters. The highest BCUT2D eigenvalue weighted by atomic mass is 32.2. The summed E-state index contributed by atoms with van der Waals surface area (Å²) < 4.78 is 4.96. The number of imide groups is 1. The van der Waals surface area contributed by atoms with Crippen molar-refractivity contribution in [3.8, 4) is 0 Å². The minimum Gasteiger partial charge on any atom is -0.464 e. The second-order valence-corrected chi connectivity index (χ2v) is 9.69. The number of carbonyl (C=O) groups is 3. The summed E-state index contributed by atoms with van der Waals surface area (Å²) in [5.74, 6) is -1.05. The smallest absolute Gasteiger partial charge is 0.329 e. The van der Waals surface area contributed by atoms with E-state index in [2.05, 4.69) is 57.7 Å². The highest BCUT2D eigenvalue weighted by Gasteiger charge is 2.41. The van der Waals surface area contributed by atoms with Crippen molar-refractivity contribution in [2.24, 2.45) is 0 Å². The van der Waals surface area contributed by atoms with Gasteiger partial charge in [0, 0.05) is 17.3 Å². The van der Waals surface area contributed by atoms with Crippen molar-refractivity contribution in [2.45, 2.75) is 66.1 Å². The van der Waals surface area contributed by atoms with E-state index in [0.717, 1.165) is 33.5 Å². The zero-order chi connectivity index (χ0) is 23.1. The van der Waals surface area contributed by atoms with E-state index >= 15 is 0 Å². The molecule has 0 aliphatic carbocycles. The number of hydrogen-bond acceptors (Lipinski definition) is 6. The van der Waals surface area contributed by atoms with Crippen LogP contribution in [-0.4, -0.2) is 46.2 Å². The lowest BCUT2D eigenvalue weighted by molar-refractivity contribution is -0.150. The lowest BCUT2D eigenvalue weighted by Gasteiger charge is -2.46. The molecule has 0 N–H and O–H groups in total. The zero-order valence-electron chi connectivity index (χ0n) is 19.2. The third kappa shape index (κ3) is 4.28. The molecule has 1 aromatic rings.